The number of para-hydroxylation sites is 1. The van der Waals surface area contributed by atoms with E-state index in [1.807, 2.05) is 6.92 Å². The fourth-order valence-corrected chi connectivity index (χ4v) is 2.18. The number of rotatable bonds is 7. The Labute approximate surface area is 155 Å². The maximum atomic E-state index is 11.7. The monoisotopic (exact) mass is 375 g/mol. The fraction of sp³-hybridized carbons (Fsp3) is 0.167. The highest BCUT2D eigenvalue weighted by Crippen LogP contribution is 2.21. The van der Waals surface area contributed by atoms with E-state index in [1.54, 1.807) is 36.4 Å². The number of ether oxygens (including phenoxy) is 1. The number of hydrogen-bond acceptors (Lipinski definition) is 5. The summed E-state index contributed by atoms with van der Waals surface area (Å²) >= 11 is 5.85. The van der Waals surface area contributed by atoms with Crippen LogP contribution in [0.4, 0.5) is 0 Å². The van der Waals surface area contributed by atoms with Gasteiger partial charge in [-0.3, -0.25) is 9.59 Å². The summed E-state index contributed by atoms with van der Waals surface area (Å²) in [6, 6.07) is 11.6. The van der Waals surface area contributed by atoms with Gasteiger partial charge < -0.3 is 15.2 Å². The summed E-state index contributed by atoms with van der Waals surface area (Å²) in [6.07, 6.45) is 1.31. The summed E-state index contributed by atoms with van der Waals surface area (Å²) in [5.74, 6) is -0.360. The van der Waals surface area contributed by atoms with Crippen LogP contribution in [0.3, 0.4) is 0 Å². The first-order chi connectivity index (χ1) is 12.5. The van der Waals surface area contributed by atoms with Crippen molar-refractivity contribution < 1.29 is 19.4 Å². The van der Waals surface area contributed by atoms with E-state index in [1.165, 1.54) is 12.3 Å². The molecule has 0 fully saturated rings. The molecule has 0 aliphatic heterocycles. The molecule has 0 saturated heterocycles. The second-order valence-electron chi connectivity index (χ2n) is 5.33. The third kappa shape index (κ3) is 6.10. The van der Waals surface area contributed by atoms with Crippen LogP contribution in [0.25, 0.3) is 0 Å². The molecule has 2 aromatic rings. The van der Waals surface area contributed by atoms with Crippen LogP contribution >= 0.6 is 11.6 Å². The van der Waals surface area contributed by atoms with Crippen molar-refractivity contribution in [3.8, 4) is 11.5 Å². The largest absolute Gasteiger partial charge is 0.507 e. The van der Waals surface area contributed by atoms with E-state index in [9.17, 15) is 14.7 Å². The van der Waals surface area contributed by atoms with Gasteiger partial charge in [-0.15, -0.1) is 0 Å². The molecule has 2 rings (SSSR count). The molecule has 0 aliphatic carbocycles. The van der Waals surface area contributed by atoms with E-state index in [-0.39, 0.29) is 18.9 Å². The second kappa shape index (κ2) is 9.43. The predicted octanol–water partition coefficient (Wildman–Crippen LogP) is 2.00. The minimum Gasteiger partial charge on any atom is -0.507 e. The van der Waals surface area contributed by atoms with Crippen molar-refractivity contribution in [2.45, 2.75) is 6.92 Å². The smallest absolute Gasteiger partial charge is 0.259 e. The molecule has 2 aromatic carbocycles. The topological polar surface area (TPSA) is 100 Å². The predicted molar refractivity (Wildman–Crippen MR) is 98.5 cm³/mol. The SMILES string of the molecule is Cc1cc(Cl)ccc1OCC(=O)NCC(=O)NN=Cc1ccccc1O. The zero-order valence-electron chi connectivity index (χ0n) is 14.0. The Morgan fingerprint density at radius 2 is 2.00 bits per heavy atom. The molecule has 0 heterocycles. The van der Waals surface area contributed by atoms with E-state index in [0.717, 1.165) is 5.56 Å². The molecule has 0 aliphatic rings. The standard InChI is InChI=1S/C18H18ClN3O4/c1-12-8-14(19)6-7-16(12)26-11-18(25)20-10-17(24)22-21-9-13-4-2-3-5-15(13)23/h2-9,23H,10-11H2,1H3,(H,20,25)(H,22,24). The zero-order chi connectivity index (χ0) is 18.9. The van der Waals surface area contributed by atoms with Crippen molar-refractivity contribution in [2.24, 2.45) is 5.10 Å². The lowest BCUT2D eigenvalue weighted by atomic mass is 10.2. The molecule has 0 bridgehead atoms. The molecule has 0 saturated carbocycles. The van der Waals surface area contributed by atoms with Crippen molar-refractivity contribution in [3.63, 3.8) is 0 Å². The number of carbonyl (C=O) groups excluding carboxylic acids is 2. The van der Waals surface area contributed by atoms with Gasteiger partial charge in [0.15, 0.2) is 6.61 Å². The summed E-state index contributed by atoms with van der Waals surface area (Å²) in [5, 5.41) is 16.3. The molecule has 0 aromatic heterocycles. The van der Waals surface area contributed by atoms with Gasteiger partial charge in [-0.05, 0) is 42.8 Å². The average molecular weight is 376 g/mol. The molecule has 3 N–H and O–H groups in total. The summed E-state index contributed by atoms with van der Waals surface area (Å²) in [6.45, 7) is 1.34. The van der Waals surface area contributed by atoms with Crippen LogP contribution in [0.15, 0.2) is 47.6 Å². The van der Waals surface area contributed by atoms with Gasteiger partial charge in [0, 0.05) is 10.6 Å². The number of aromatic hydroxyl groups is 1. The molecular weight excluding hydrogens is 358 g/mol. The van der Waals surface area contributed by atoms with Gasteiger partial charge in [-0.2, -0.15) is 5.10 Å². The highest BCUT2D eigenvalue weighted by Gasteiger charge is 2.07. The molecule has 0 spiro atoms. The Morgan fingerprint density at radius 3 is 2.73 bits per heavy atom. The molecule has 136 valence electrons. The third-order valence-electron chi connectivity index (χ3n) is 3.27. The lowest BCUT2D eigenvalue weighted by Crippen LogP contribution is -2.37. The second-order valence-corrected chi connectivity index (χ2v) is 5.76. The number of hydrogen-bond donors (Lipinski definition) is 3. The van der Waals surface area contributed by atoms with E-state index >= 15 is 0 Å². The Balaban J connectivity index is 1.71. The number of carbonyl (C=O) groups is 2. The third-order valence-corrected chi connectivity index (χ3v) is 3.51. The molecule has 8 heteroatoms. The fourth-order valence-electron chi connectivity index (χ4n) is 1.96. The zero-order valence-corrected chi connectivity index (χ0v) is 14.8. The van der Waals surface area contributed by atoms with E-state index in [4.69, 9.17) is 16.3 Å². The molecule has 26 heavy (non-hydrogen) atoms. The van der Waals surface area contributed by atoms with E-state index < -0.39 is 11.8 Å². The minimum atomic E-state index is -0.507. The molecule has 2 amide bonds. The van der Waals surface area contributed by atoms with Crippen LogP contribution in [0.5, 0.6) is 11.5 Å². The number of amides is 2. The summed E-state index contributed by atoms with van der Waals surface area (Å²) < 4.78 is 5.38. The first kappa shape index (κ1) is 19.3. The number of aryl methyl sites for hydroxylation is 1. The number of phenolic OH excluding ortho intramolecular Hbond substituents is 1. The van der Waals surface area contributed by atoms with Crippen molar-refractivity contribution in [1.82, 2.24) is 10.7 Å². The lowest BCUT2D eigenvalue weighted by molar-refractivity contribution is -0.127. The van der Waals surface area contributed by atoms with E-state index in [2.05, 4.69) is 15.8 Å². The highest BCUT2D eigenvalue weighted by atomic mass is 35.5. The first-order valence-electron chi connectivity index (χ1n) is 7.71. The van der Waals surface area contributed by atoms with Crippen molar-refractivity contribution in [1.29, 1.82) is 0 Å². The van der Waals surface area contributed by atoms with E-state index in [0.29, 0.717) is 16.3 Å². The minimum absolute atomic E-state index is 0.0495. The van der Waals surface area contributed by atoms with Crippen molar-refractivity contribution in [3.05, 3.63) is 58.6 Å². The number of benzene rings is 2. The summed E-state index contributed by atoms with van der Waals surface area (Å²) in [5.41, 5.74) is 3.52. The average Bonchev–Trinajstić information content (AvgIpc) is 2.61. The van der Waals surface area contributed by atoms with Gasteiger partial charge in [0.05, 0.1) is 12.8 Å². The van der Waals surface area contributed by atoms with Crippen molar-refractivity contribution >= 4 is 29.6 Å². The lowest BCUT2D eigenvalue weighted by Gasteiger charge is -2.09. The summed E-state index contributed by atoms with van der Waals surface area (Å²) in [7, 11) is 0. The molecule has 0 unspecified atom stereocenters. The quantitative estimate of drug-likeness (QED) is 0.509. The Kier molecular flexibility index (Phi) is 6.99. The molecule has 7 nitrogen and oxygen atoms in total. The highest BCUT2D eigenvalue weighted by molar-refractivity contribution is 6.30. The number of nitrogens with one attached hydrogen (secondary N) is 2. The maximum absolute atomic E-state index is 11.7. The maximum Gasteiger partial charge on any atom is 0.259 e. The molecule has 0 radical (unpaired) electrons. The number of nitrogens with zero attached hydrogens (tertiary/aromatic N) is 1. The van der Waals surface area contributed by atoms with Gasteiger partial charge in [-0.1, -0.05) is 23.7 Å². The van der Waals surface area contributed by atoms with Crippen LogP contribution in [0.2, 0.25) is 5.02 Å². The van der Waals surface area contributed by atoms with Crippen LogP contribution in [-0.4, -0.2) is 36.3 Å². The normalized spacial score (nSPS) is 10.5. The van der Waals surface area contributed by atoms with Crippen molar-refractivity contribution in [2.75, 3.05) is 13.2 Å². The van der Waals surface area contributed by atoms with Crippen LogP contribution in [-0.2, 0) is 9.59 Å². The Morgan fingerprint density at radius 1 is 1.23 bits per heavy atom. The van der Waals surface area contributed by atoms with Gasteiger partial charge in [0.2, 0.25) is 0 Å². The molecular formula is C18H18ClN3O4. The first-order valence-corrected chi connectivity index (χ1v) is 8.09. The number of hydrazone groups is 1. The van der Waals surface area contributed by atoms with Gasteiger partial charge in [0.1, 0.15) is 11.5 Å². The Hall–Kier alpha value is -3.06. The van der Waals surface area contributed by atoms with Gasteiger partial charge >= 0.3 is 0 Å². The van der Waals surface area contributed by atoms with Crippen LogP contribution < -0.4 is 15.5 Å². The van der Waals surface area contributed by atoms with Gasteiger partial charge in [-0.25, -0.2) is 5.43 Å². The molecule has 0 atom stereocenters. The summed E-state index contributed by atoms with van der Waals surface area (Å²) in [4.78, 5) is 23.4. The number of halogens is 1. The Bertz CT molecular complexity index is 824. The van der Waals surface area contributed by atoms with Crippen LogP contribution in [0.1, 0.15) is 11.1 Å². The van der Waals surface area contributed by atoms with Gasteiger partial charge in [0.25, 0.3) is 11.8 Å². The number of phenols is 1. The van der Waals surface area contributed by atoms with Crippen LogP contribution in [0, 0.1) is 6.92 Å².